The lowest BCUT2D eigenvalue weighted by atomic mass is 10.2. The van der Waals surface area contributed by atoms with Gasteiger partial charge in [0.15, 0.2) is 0 Å². The van der Waals surface area contributed by atoms with E-state index in [1.54, 1.807) is 12.1 Å². The standard InChI is InChI=1S/C12H12ClN3O2/c13-9-4-2-1-3-8(9)7-14-16-12(18)10-5-6-11(17)15-10/h1-4,7,10H,5-6H2,(H,15,17)(H,16,18)/b14-7+/t10-/m0/s1. The van der Waals surface area contributed by atoms with E-state index in [1.807, 2.05) is 12.1 Å². The molecule has 1 fully saturated rings. The number of nitrogens with one attached hydrogen (secondary N) is 2. The van der Waals surface area contributed by atoms with Crippen molar-refractivity contribution in [3.05, 3.63) is 34.9 Å². The summed E-state index contributed by atoms with van der Waals surface area (Å²) in [6.07, 6.45) is 2.36. The zero-order chi connectivity index (χ0) is 13.0. The monoisotopic (exact) mass is 265 g/mol. The lowest BCUT2D eigenvalue weighted by molar-refractivity contribution is -0.125. The molecule has 2 amide bonds. The normalized spacial score (nSPS) is 18.9. The number of carbonyl (C=O) groups excluding carboxylic acids is 2. The van der Waals surface area contributed by atoms with E-state index in [0.717, 1.165) is 5.56 Å². The Morgan fingerprint density at radius 1 is 1.50 bits per heavy atom. The minimum atomic E-state index is -0.485. The number of hydrogen-bond donors (Lipinski definition) is 2. The van der Waals surface area contributed by atoms with Gasteiger partial charge in [-0.1, -0.05) is 29.8 Å². The van der Waals surface area contributed by atoms with Gasteiger partial charge in [0.05, 0.1) is 6.21 Å². The van der Waals surface area contributed by atoms with Gasteiger partial charge in [-0.2, -0.15) is 5.10 Å². The molecule has 0 aromatic heterocycles. The molecule has 1 aliphatic heterocycles. The maximum atomic E-state index is 11.6. The first-order valence-corrected chi connectivity index (χ1v) is 5.91. The van der Waals surface area contributed by atoms with Crippen molar-refractivity contribution >= 4 is 29.6 Å². The van der Waals surface area contributed by atoms with Gasteiger partial charge in [0, 0.05) is 17.0 Å². The van der Waals surface area contributed by atoms with Gasteiger partial charge < -0.3 is 5.32 Å². The van der Waals surface area contributed by atoms with E-state index < -0.39 is 6.04 Å². The van der Waals surface area contributed by atoms with E-state index >= 15 is 0 Å². The smallest absolute Gasteiger partial charge is 0.262 e. The zero-order valence-corrected chi connectivity index (χ0v) is 10.3. The molecule has 18 heavy (non-hydrogen) atoms. The summed E-state index contributed by atoms with van der Waals surface area (Å²) in [6.45, 7) is 0. The maximum absolute atomic E-state index is 11.6. The third-order valence-electron chi connectivity index (χ3n) is 2.60. The number of hydrazone groups is 1. The largest absolute Gasteiger partial charge is 0.344 e. The Morgan fingerprint density at radius 3 is 2.94 bits per heavy atom. The van der Waals surface area contributed by atoms with E-state index in [2.05, 4.69) is 15.8 Å². The van der Waals surface area contributed by atoms with Gasteiger partial charge in [-0.05, 0) is 12.5 Å². The van der Waals surface area contributed by atoms with E-state index in [9.17, 15) is 9.59 Å². The van der Waals surface area contributed by atoms with Gasteiger partial charge in [-0.15, -0.1) is 0 Å². The summed E-state index contributed by atoms with van der Waals surface area (Å²) < 4.78 is 0. The molecule has 1 aromatic carbocycles. The van der Waals surface area contributed by atoms with Crippen molar-refractivity contribution in [1.29, 1.82) is 0 Å². The average molecular weight is 266 g/mol. The van der Waals surface area contributed by atoms with Crippen molar-refractivity contribution in [2.45, 2.75) is 18.9 Å². The summed E-state index contributed by atoms with van der Waals surface area (Å²) >= 11 is 5.92. The van der Waals surface area contributed by atoms with Crippen LogP contribution in [0.3, 0.4) is 0 Å². The number of carbonyl (C=O) groups is 2. The number of nitrogens with zero attached hydrogens (tertiary/aromatic N) is 1. The fourth-order valence-electron chi connectivity index (χ4n) is 1.63. The predicted octanol–water partition coefficient (Wildman–Crippen LogP) is 1.07. The van der Waals surface area contributed by atoms with E-state index in [0.29, 0.717) is 17.9 Å². The predicted molar refractivity (Wildman–Crippen MR) is 68.4 cm³/mol. The summed E-state index contributed by atoms with van der Waals surface area (Å²) in [5.41, 5.74) is 3.10. The average Bonchev–Trinajstić information content (AvgIpc) is 2.78. The Balaban J connectivity index is 1.90. The van der Waals surface area contributed by atoms with Crippen LogP contribution >= 0.6 is 11.6 Å². The molecule has 1 aromatic rings. The topological polar surface area (TPSA) is 70.6 Å². The van der Waals surface area contributed by atoms with Crippen molar-refractivity contribution in [1.82, 2.24) is 10.7 Å². The van der Waals surface area contributed by atoms with Crippen LogP contribution in [0.25, 0.3) is 0 Å². The molecule has 0 aliphatic carbocycles. The summed E-state index contributed by atoms with van der Waals surface area (Å²) in [4.78, 5) is 22.5. The van der Waals surface area contributed by atoms with E-state index in [1.165, 1.54) is 6.21 Å². The molecule has 1 saturated heterocycles. The highest BCUT2D eigenvalue weighted by Crippen LogP contribution is 2.12. The second-order valence-electron chi connectivity index (χ2n) is 3.91. The van der Waals surface area contributed by atoms with Crippen LogP contribution in [0.4, 0.5) is 0 Å². The third kappa shape index (κ3) is 3.07. The molecule has 0 unspecified atom stereocenters. The van der Waals surface area contributed by atoms with Gasteiger partial charge in [0.2, 0.25) is 5.91 Å². The van der Waals surface area contributed by atoms with Crippen LogP contribution in [0.5, 0.6) is 0 Å². The van der Waals surface area contributed by atoms with Crippen molar-refractivity contribution < 1.29 is 9.59 Å². The first-order valence-electron chi connectivity index (χ1n) is 5.53. The van der Waals surface area contributed by atoms with Crippen molar-refractivity contribution in [3.63, 3.8) is 0 Å². The first-order chi connectivity index (χ1) is 8.66. The van der Waals surface area contributed by atoms with Crippen molar-refractivity contribution in [2.24, 2.45) is 5.10 Å². The second-order valence-corrected chi connectivity index (χ2v) is 4.32. The van der Waals surface area contributed by atoms with Gasteiger partial charge in [-0.25, -0.2) is 5.43 Å². The molecule has 0 bridgehead atoms. The fraction of sp³-hybridized carbons (Fsp3) is 0.250. The lowest BCUT2D eigenvalue weighted by Gasteiger charge is -2.06. The Hall–Kier alpha value is -1.88. The molecule has 94 valence electrons. The maximum Gasteiger partial charge on any atom is 0.262 e. The van der Waals surface area contributed by atoms with Gasteiger partial charge in [0.25, 0.3) is 5.91 Å². The molecular weight excluding hydrogens is 254 g/mol. The van der Waals surface area contributed by atoms with Gasteiger partial charge in [0.1, 0.15) is 6.04 Å². The second kappa shape index (κ2) is 5.64. The highest BCUT2D eigenvalue weighted by molar-refractivity contribution is 6.33. The lowest BCUT2D eigenvalue weighted by Crippen LogP contribution is -2.39. The fourth-order valence-corrected chi connectivity index (χ4v) is 1.82. The van der Waals surface area contributed by atoms with Crippen LogP contribution < -0.4 is 10.7 Å². The molecule has 0 saturated carbocycles. The molecule has 0 spiro atoms. The summed E-state index contributed by atoms with van der Waals surface area (Å²) in [5, 5.41) is 6.93. The van der Waals surface area contributed by atoms with Crippen LogP contribution in [0.2, 0.25) is 5.02 Å². The van der Waals surface area contributed by atoms with Crippen LogP contribution in [-0.2, 0) is 9.59 Å². The Labute approximate surface area is 109 Å². The number of hydrogen-bond acceptors (Lipinski definition) is 3. The molecular formula is C12H12ClN3O2. The molecule has 1 atom stereocenters. The van der Waals surface area contributed by atoms with Crippen molar-refractivity contribution in [2.75, 3.05) is 0 Å². The molecule has 2 rings (SSSR count). The minimum Gasteiger partial charge on any atom is -0.344 e. The van der Waals surface area contributed by atoms with E-state index in [-0.39, 0.29) is 11.8 Å². The number of rotatable bonds is 3. The molecule has 6 heteroatoms. The van der Waals surface area contributed by atoms with Crippen LogP contribution in [0, 0.1) is 0 Å². The quantitative estimate of drug-likeness (QED) is 0.634. The number of benzene rings is 1. The molecule has 2 N–H and O–H groups in total. The van der Waals surface area contributed by atoms with Gasteiger partial charge in [-0.3, -0.25) is 9.59 Å². The molecule has 1 aliphatic rings. The SMILES string of the molecule is O=C1CC[C@@H](C(=O)N/N=C/c2ccccc2Cl)N1. The van der Waals surface area contributed by atoms with Crippen LogP contribution in [0.15, 0.2) is 29.4 Å². The number of halogens is 1. The highest BCUT2D eigenvalue weighted by Gasteiger charge is 2.26. The Kier molecular flexibility index (Phi) is 3.94. The summed E-state index contributed by atoms with van der Waals surface area (Å²) in [7, 11) is 0. The van der Waals surface area contributed by atoms with E-state index in [4.69, 9.17) is 11.6 Å². The first kappa shape index (κ1) is 12.6. The third-order valence-corrected chi connectivity index (χ3v) is 2.94. The van der Waals surface area contributed by atoms with Gasteiger partial charge >= 0.3 is 0 Å². The summed E-state index contributed by atoms with van der Waals surface area (Å²) in [6, 6.07) is 6.68. The molecule has 5 nitrogen and oxygen atoms in total. The summed E-state index contributed by atoms with van der Waals surface area (Å²) in [5.74, 6) is -0.422. The molecule has 1 heterocycles. The number of amides is 2. The van der Waals surface area contributed by atoms with Crippen LogP contribution in [-0.4, -0.2) is 24.1 Å². The molecule has 0 radical (unpaired) electrons. The highest BCUT2D eigenvalue weighted by atomic mass is 35.5. The van der Waals surface area contributed by atoms with Crippen molar-refractivity contribution in [3.8, 4) is 0 Å². The zero-order valence-electron chi connectivity index (χ0n) is 9.52. The Bertz CT molecular complexity index is 502. The minimum absolute atomic E-state index is 0.106. The van der Waals surface area contributed by atoms with Crippen LogP contribution in [0.1, 0.15) is 18.4 Å². The Morgan fingerprint density at radius 2 is 2.28 bits per heavy atom.